The Bertz CT molecular complexity index is 983. The van der Waals surface area contributed by atoms with Crippen LogP contribution in [0.5, 0.6) is 0 Å². The van der Waals surface area contributed by atoms with Gasteiger partial charge in [0, 0.05) is 37.1 Å². The number of benzene rings is 1. The Morgan fingerprint density at radius 1 is 1.09 bits per heavy atom. The number of tetrazole rings is 1. The monoisotopic (exact) mass is 452 g/mol. The second-order valence-electron chi connectivity index (χ2n) is 8.80. The van der Waals surface area contributed by atoms with Crippen molar-refractivity contribution in [3.8, 4) is 0 Å². The summed E-state index contributed by atoms with van der Waals surface area (Å²) in [6.45, 7) is 2.37. The quantitative estimate of drug-likeness (QED) is 0.497. The van der Waals surface area contributed by atoms with Gasteiger partial charge in [0.15, 0.2) is 5.82 Å². The number of aromatic nitrogens is 5. The van der Waals surface area contributed by atoms with Gasteiger partial charge in [0.25, 0.3) is 0 Å². The molecule has 1 saturated heterocycles. The van der Waals surface area contributed by atoms with Gasteiger partial charge >= 0.3 is 0 Å². The van der Waals surface area contributed by atoms with E-state index in [2.05, 4.69) is 48.3 Å². The van der Waals surface area contributed by atoms with E-state index in [9.17, 15) is 0 Å². The predicted molar refractivity (Wildman–Crippen MR) is 122 cm³/mol. The Hall–Kier alpha value is -2.35. The SMILES string of the molecule is Clc1ccc([C@@H](c2nnnn2C2CCCC2)N(Cc2cccnc2)C[C@@H]2CCCO2)cc1. The van der Waals surface area contributed by atoms with Gasteiger partial charge in [0.05, 0.1) is 18.2 Å². The van der Waals surface area contributed by atoms with Gasteiger partial charge in [-0.25, -0.2) is 4.68 Å². The molecule has 0 radical (unpaired) electrons. The molecule has 1 aliphatic heterocycles. The molecule has 0 spiro atoms. The van der Waals surface area contributed by atoms with Crippen molar-refractivity contribution in [3.63, 3.8) is 0 Å². The van der Waals surface area contributed by atoms with Crippen LogP contribution in [0.25, 0.3) is 0 Å². The Balaban J connectivity index is 1.55. The number of hydrogen-bond donors (Lipinski definition) is 0. The summed E-state index contributed by atoms with van der Waals surface area (Å²) in [7, 11) is 0. The smallest absolute Gasteiger partial charge is 0.173 e. The molecule has 0 unspecified atom stereocenters. The van der Waals surface area contributed by atoms with Gasteiger partial charge in [-0.05, 0) is 65.4 Å². The van der Waals surface area contributed by atoms with Crippen LogP contribution >= 0.6 is 11.6 Å². The lowest BCUT2D eigenvalue weighted by Crippen LogP contribution is -2.37. The molecule has 2 aromatic heterocycles. The highest BCUT2D eigenvalue weighted by molar-refractivity contribution is 6.30. The molecule has 32 heavy (non-hydrogen) atoms. The second-order valence-corrected chi connectivity index (χ2v) is 9.24. The number of nitrogens with zero attached hydrogens (tertiary/aromatic N) is 6. The molecule has 5 rings (SSSR count). The zero-order valence-corrected chi connectivity index (χ0v) is 18.9. The lowest BCUT2D eigenvalue weighted by atomic mass is 10.0. The number of hydrogen-bond acceptors (Lipinski definition) is 6. The van der Waals surface area contributed by atoms with Gasteiger partial charge in [-0.15, -0.1) is 5.10 Å². The largest absolute Gasteiger partial charge is 0.377 e. The number of halogens is 1. The van der Waals surface area contributed by atoms with E-state index >= 15 is 0 Å². The average molecular weight is 453 g/mol. The van der Waals surface area contributed by atoms with Gasteiger partial charge in [-0.1, -0.05) is 42.6 Å². The zero-order chi connectivity index (χ0) is 21.8. The molecule has 8 heteroatoms. The minimum atomic E-state index is -0.104. The van der Waals surface area contributed by atoms with Crippen LogP contribution in [-0.2, 0) is 11.3 Å². The first-order valence-corrected chi connectivity index (χ1v) is 11.9. The zero-order valence-electron chi connectivity index (χ0n) is 18.2. The maximum Gasteiger partial charge on any atom is 0.173 e. The summed E-state index contributed by atoms with van der Waals surface area (Å²) >= 11 is 6.24. The van der Waals surface area contributed by atoms with Crippen molar-refractivity contribution in [2.75, 3.05) is 13.2 Å². The van der Waals surface area contributed by atoms with Crippen molar-refractivity contribution in [2.45, 2.75) is 63.3 Å². The van der Waals surface area contributed by atoms with Crippen LogP contribution in [0, 0.1) is 0 Å². The molecule has 2 fully saturated rings. The molecule has 3 heterocycles. The van der Waals surface area contributed by atoms with Gasteiger partial charge < -0.3 is 4.74 Å². The maximum atomic E-state index is 6.24. The topological polar surface area (TPSA) is 69.0 Å². The Morgan fingerprint density at radius 2 is 1.94 bits per heavy atom. The van der Waals surface area contributed by atoms with Crippen LogP contribution in [0.15, 0.2) is 48.8 Å². The van der Waals surface area contributed by atoms with Crippen molar-refractivity contribution < 1.29 is 4.74 Å². The molecule has 0 bridgehead atoms. The highest BCUT2D eigenvalue weighted by Crippen LogP contribution is 2.35. The molecule has 1 aromatic carbocycles. The third-order valence-electron chi connectivity index (χ3n) is 6.55. The van der Waals surface area contributed by atoms with E-state index in [1.807, 2.05) is 30.6 Å². The molecular weight excluding hydrogens is 424 g/mol. The van der Waals surface area contributed by atoms with Gasteiger partial charge in [0.1, 0.15) is 0 Å². The maximum absolute atomic E-state index is 6.24. The fourth-order valence-corrected chi connectivity index (χ4v) is 5.12. The van der Waals surface area contributed by atoms with Crippen molar-refractivity contribution in [1.29, 1.82) is 0 Å². The van der Waals surface area contributed by atoms with Gasteiger partial charge in [-0.2, -0.15) is 0 Å². The molecule has 0 amide bonds. The number of rotatable bonds is 8. The third kappa shape index (κ3) is 4.85. The molecule has 2 aliphatic rings. The average Bonchev–Trinajstić information content (AvgIpc) is 3.59. The summed E-state index contributed by atoms with van der Waals surface area (Å²) in [5, 5.41) is 13.9. The predicted octanol–water partition coefficient (Wildman–Crippen LogP) is 4.61. The summed E-state index contributed by atoms with van der Waals surface area (Å²) in [6.07, 6.45) is 10.8. The highest BCUT2D eigenvalue weighted by atomic mass is 35.5. The van der Waals surface area contributed by atoms with Crippen molar-refractivity contribution in [1.82, 2.24) is 30.1 Å². The molecule has 7 nitrogen and oxygen atoms in total. The Kier molecular flexibility index (Phi) is 6.76. The summed E-state index contributed by atoms with van der Waals surface area (Å²) in [5.74, 6) is 0.890. The summed E-state index contributed by atoms with van der Waals surface area (Å²) in [5.41, 5.74) is 2.29. The van der Waals surface area contributed by atoms with Crippen LogP contribution in [0.4, 0.5) is 0 Å². The van der Waals surface area contributed by atoms with Crippen molar-refractivity contribution >= 4 is 11.6 Å². The molecular formula is C24H29ClN6O. The standard InChI is InChI=1S/C24H29ClN6O/c25-20-11-9-19(10-12-20)23(24-27-28-29-31(24)21-6-1-2-7-21)30(17-22-8-4-14-32-22)16-18-5-3-13-26-15-18/h3,5,9-13,15,21-23H,1-2,4,6-8,14,16-17H2/t22-,23-/m0/s1. The van der Waals surface area contributed by atoms with E-state index in [4.69, 9.17) is 16.3 Å². The normalized spacial score (nSPS) is 20.2. The van der Waals surface area contributed by atoms with E-state index in [1.165, 1.54) is 12.8 Å². The first-order chi connectivity index (χ1) is 15.8. The third-order valence-corrected chi connectivity index (χ3v) is 6.81. The Morgan fingerprint density at radius 3 is 2.66 bits per heavy atom. The minimum Gasteiger partial charge on any atom is -0.377 e. The molecule has 1 aliphatic carbocycles. The van der Waals surface area contributed by atoms with E-state index < -0.39 is 0 Å². The van der Waals surface area contributed by atoms with Crippen molar-refractivity contribution in [2.24, 2.45) is 0 Å². The molecule has 0 N–H and O–H groups in total. The van der Waals surface area contributed by atoms with E-state index in [0.717, 1.165) is 67.4 Å². The van der Waals surface area contributed by atoms with E-state index in [0.29, 0.717) is 6.04 Å². The number of pyridine rings is 1. The lowest BCUT2D eigenvalue weighted by molar-refractivity contribution is 0.0571. The van der Waals surface area contributed by atoms with Gasteiger partial charge in [0.2, 0.25) is 0 Å². The van der Waals surface area contributed by atoms with Crippen molar-refractivity contribution in [3.05, 3.63) is 70.8 Å². The summed E-state index contributed by atoms with van der Waals surface area (Å²) in [4.78, 5) is 6.77. The van der Waals surface area contributed by atoms with Crippen LogP contribution in [-0.4, -0.2) is 49.3 Å². The molecule has 3 aromatic rings. The van der Waals surface area contributed by atoms with Crippen LogP contribution in [0.2, 0.25) is 5.02 Å². The first kappa shape index (κ1) is 21.5. The van der Waals surface area contributed by atoms with Crippen LogP contribution in [0.1, 0.15) is 67.6 Å². The van der Waals surface area contributed by atoms with Gasteiger partial charge in [-0.3, -0.25) is 9.88 Å². The fraction of sp³-hybridized carbons (Fsp3) is 0.500. The van der Waals surface area contributed by atoms with Crippen LogP contribution in [0.3, 0.4) is 0 Å². The molecule has 168 valence electrons. The highest BCUT2D eigenvalue weighted by Gasteiger charge is 2.33. The lowest BCUT2D eigenvalue weighted by Gasteiger charge is -2.33. The molecule has 1 saturated carbocycles. The number of ether oxygens (including phenoxy) is 1. The summed E-state index contributed by atoms with van der Waals surface area (Å²) < 4.78 is 8.10. The first-order valence-electron chi connectivity index (χ1n) is 11.6. The Labute approximate surface area is 193 Å². The fourth-order valence-electron chi connectivity index (χ4n) is 5.00. The van der Waals surface area contributed by atoms with E-state index in [1.54, 1.807) is 0 Å². The van der Waals surface area contributed by atoms with Crippen LogP contribution < -0.4 is 0 Å². The summed E-state index contributed by atoms with van der Waals surface area (Å²) in [6, 6.07) is 12.4. The second kappa shape index (κ2) is 10.1. The van der Waals surface area contributed by atoms with E-state index in [-0.39, 0.29) is 12.1 Å². The molecule has 2 atom stereocenters. The minimum absolute atomic E-state index is 0.104.